The predicted octanol–water partition coefficient (Wildman–Crippen LogP) is 2.07. The number of hydrogen-bond donors (Lipinski definition) is 1. The molecule has 0 unspecified atom stereocenters. The van der Waals surface area contributed by atoms with Gasteiger partial charge in [-0.1, -0.05) is 0 Å². The summed E-state index contributed by atoms with van der Waals surface area (Å²) in [4.78, 5) is 11.0. The molecule has 0 amide bonds. The molecule has 0 saturated carbocycles. The van der Waals surface area contributed by atoms with Gasteiger partial charge in [-0.05, 0) is 41.6 Å². The molecule has 0 aromatic heterocycles. The van der Waals surface area contributed by atoms with Gasteiger partial charge in [0.1, 0.15) is 11.8 Å². The molecule has 1 N–H and O–H groups in total. The van der Waals surface area contributed by atoms with E-state index >= 15 is 0 Å². The van der Waals surface area contributed by atoms with Gasteiger partial charge in [0.2, 0.25) is 0 Å². The molecule has 1 rings (SSSR count). The second-order valence-corrected chi connectivity index (χ2v) is 3.76. The van der Waals surface area contributed by atoms with E-state index in [-0.39, 0.29) is 22.7 Å². The highest BCUT2D eigenvalue weighted by molar-refractivity contribution is 14.1. The average Bonchev–Trinajstić information content (AvgIpc) is 2.01. The number of halogens is 1. The minimum absolute atomic E-state index is 0.0999. The third-order valence-electron chi connectivity index (χ3n) is 1.55. The van der Waals surface area contributed by atoms with E-state index in [1.807, 2.05) is 28.7 Å². The number of aromatic hydroxyl groups is 1. The summed E-state index contributed by atoms with van der Waals surface area (Å²) in [5.41, 5.74) is 0.319. The van der Waals surface area contributed by atoms with Crippen molar-refractivity contribution in [2.75, 3.05) is 0 Å². The lowest BCUT2D eigenvalue weighted by atomic mass is 10.0. The summed E-state index contributed by atoms with van der Waals surface area (Å²) in [6.07, 6.45) is 0. The molecule has 0 spiro atoms. The summed E-state index contributed by atoms with van der Waals surface area (Å²) in [7, 11) is 0. The molecule has 0 heterocycles. The molecule has 13 heavy (non-hydrogen) atoms. The first-order valence-electron chi connectivity index (χ1n) is 3.50. The molecular formula is C9H6INO2. The van der Waals surface area contributed by atoms with Crippen molar-refractivity contribution in [3.63, 3.8) is 0 Å². The Kier molecular flexibility index (Phi) is 2.88. The van der Waals surface area contributed by atoms with Gasteiger partial charge < -0.3 is 5.11 Å². The van der Waals surface area contributed by atoms with Gasteiger partial charge >= 0.3 is 0 Å². The number of rotatable bonds is 1. The van der Waals surface area contributed by atoms with E-state index in [2.05, 4.69) is 0 Å². The third kappa shape index (κ3) is 1.98. The smallest absolute Gasteiger partial charge is 0.164 e. The Balaban J connectivity index is 3.50. The van der Waals surface area contributed by atoms with Crippen LogP contribution in [0.2, 0.25) is 0 Å². The standard InChI is InChI=1S/C9H6INO2/c1-5(12)9-6(4-11)2-7(10)3-8(9)13/h2-3,13H,1H3. The van der Waals surface area contributed by atoms with Gasteiger partial charge in [0.25, 0.3) is 0 Å². The topological polar surface area (TPSA) is 61.1 Å². The van der Waals surface area contributed by atoms with Gasteiger partial charge in [-0.2, -0.15) is 5.26 Å². The molecule has 0 aliphatic carbocycles. The molecule has 0 bridgehead atoms. The zero-order chi connectivity index (χ0) is 10.0. The summed E-state index contributed by atoms with van der Waals surface area (Å²) in [6, 6.07) is 4.90. The Labute approximate surface area is 89.1 Å². The maximum atomic E-state index is 11.0. The SMILES string of the molecule is CC(=O)c1c(O)cc(I)cc1C#N. The molecule has 0 radical (unpaired) electrons. The number of ketones is 1. The summed E-state index contributed by atoms with van der Waals surface area (Å²) < 4.78 is 0.733. The van der Waals surface area contributed by atoms with Crippen LogP contribution >= 0.6 is 22.6 Å². The minimum atomic E-state index is -0.301. The van der Waals surface area contributed by atoms with Crippen LogP contribution in [0.5, 0.6) is 5.75 Å². The molecule has 4 heteroatoms. The van der Waals surface area contributed by atoms with Crippen LogP contribution in [0.15, 0.2) is 12.1 Å². The van der Waals surface area contributed by atoms with E-state index in [1.54, 1.807) is 6.07 Å². The van der Waals surface area contributed by atoms with E-state index in [9.17, 15) is 9.90 Å². The summed E-state index contributed by atoms with van der Waals surface area (Å²) in [5.74, 6) is -0.429. The van der Waals surface area contributed by atoms with Crippen LogP contribution in [-0.2, 0) is 0 Å². The number of hydrogen-bond acceptors (Lipinski definition) is 3. The number of carbonyl (C=O) groups is 1. The van der Waals surface area contributed by atoms with Gasteiger partial charge in [0.15, 0.2) is 5.78 Å². The van der Waals surface area contributed by atoms with Crippen LogP contribution in [0, 0.1) is 14.9 Å². The maximum Gasteiger partial charge on any atom is 0.164 e. The monoisotopic (exact) mass is 287 g/mol. The van der Waals surface area contributed by atoms with Crippen molar-refractivity contribution in [3.05, 3.63) is 26.8 Å². The quantitative estimate of drug-likeness (QED) is 0.635. The first kappa shape index (κ1) is 9.99. The van der Waals surface area contributed by atoms with Crippen molar-refractivity contribution in [1.82, 2.24) is 0 Å². The highest BCUT2D eigenvalue weighted by atomic mass is 127. The maximum absolute atomic E-state index is 11.0. The van der Waals surface area contributed by atoms with E-state index in [0.29, 0.717) is 0 Å². The Hall–Kier alpha value is -1.09. The van der Waals surface area contributed by atoms with Crippen LogP contribution < -0.4 is 0 Å². The zero-order valence-electron chi connectivity index (χ0n) is 6.84. The summed E-state index contributed by atoms with van der Waals surface area (Å²) in [6.45, 7) is 1.32. The van der Waals surface area contributed by atoms with E-state index in [4.69, 9.17) is 5.26 Å². The number of carbonyl (C=O) groups excluding carboxylic acids is 1. The Morgan fingerprint density at radius 3 is 2.69 bits per heavy atom. The first-order valence-corrected chi connectivity index (χ1v) is 4.57. The normalized spacial score (nSPS) is 9.31. The Morgan fingerprint density at radius 1 is 1.62 bits per heavy atom. The highest BCUT2D eigenvalue weighted by Crippen LogP contribution is 2.24. The number of phenols is 1. The fourth-order valence-electron chi connectivity index (χ4n) is 1.05. The molecule has 0 saturated heterocycles. The minimum Gasteiger partial charge on any atom is -0.507 e. The van der Waals surface area contributed by atoms with Gasteiger partial charge in [0.05, 0.1) is 11.1 Å². The van der Waals surface area contributed by atoms with Crippen LogP contribution in [-0.4, -0.2) is 10.9 Å². The molecule has 0 atom stereocenters. The fourth-order valence-corrected chi connectivity index (χ4v) is 1.66. The van der Waals surface area contributed by atoms with Gasteiger partial charge in [-0.3, -0.25) is 4.79 Å². The number of phenolic OH excluding ortho intramolecular Hbond substituents is 1. The lowest BCUT2D eigenvalue weighted by molar-refractivity contribution is 0.101. The van der Waals surface area contributed by atoms with Crippen molar-refractivity contribution < 1.29 is 9.90 Å². The summed E-state index contributed by atoms with van der Waals surface area (Å²) in [5, 5.41) is 18.1. The van der Waals surface area contributed by atoms with Crippen molar-refractivity contribution >= 4 is 28.4 Å². The molecule has 66 valence electrons. The van der Waals surface area contributed by atoms with Crippen molar-refractivity contribution in [2.45, 2.75) is 6.92 Å². The van der Waals surface area contributed by atoms with Crippen molar-refractivity contribution in [1.29, 1.82) is 5.26 Å². The zero-order valence-corrected chi connectivity index (χ0v) is 8.99. The van der Waals surface area contributed by atoms with Crippen LogP contribution in [0.4, 0.5) is 0 Å². The first-order chi connectivity index (χ1) is 6.06. The number of Topliss-reactive ketones (excluding diaryl/α,β-unsaturated/α-hetero) is 1. The van der Waals surface area contributed by atoms with Gasteiger partial charge in [-0.15, -0.1) is 0 Å². The lowest BCUT2D eigenvalue weighted by Gasteiger charge is -2.03. The molecule has 0 fully saturated rings. The van der Waals surface area contributed by atoms with E-state index in [0.717, 1.165) is 3.57 Å². The molecular weight excluding hydrogens is 281 g/mol. The largest absolute Gasteiger partial charge is 0.507 e. The third-order valence-corrected chi connectivity index (χ3v) is 2.18. The number of nitriles is 1. The molecule has 1 aromatic rings. The highest BCUT2D eigenvalue weighted by Gasteiger charge is 2.13. The van der Waals surface area contributed by atoms with Gasteiger partial charge in [-0.25, -0.2) is 0 Å². The van der Waals surface area contributed by atoms with Crippen molar-refractivity contribution in [2.24, 2.45) is 0 Å². The lowest BCUT2D eigenvalue weighted by Crippen LogP contribution is -1.97. The van der Waals surface area contributed by atoms with Crippen LogP contribution in [0.25, 0.3) is 0 Å². The molecule has 3 nitrogen and oxygen atoms in total. The average molecular weight is 287 g/mol. The van der Waals surface area contributed by atoms with E-state index in [1.165, 1.54) is 13.0 Å². The van der Waals surface area contributed by atoms with Crippen molar-refractivity contribution in [3.8, 4) is 11.8 Å². The van der Waals surface area contributed by atoms with E-state index < -0.39 is 0 Å². The van der Waals surface area contributed by atoms with Crippen LogP contribution in [0.1, 0.15) is 22.8 Å². The molecule has 0 aliphatic rings. The van der Waals surface area contributed by atoms with Gasteiger partial charge in [0, 0.05) is 3.57 Å². The second kappa shape index (κ2) is 3.75. The fraction of sp³-hybridized carbons (Fsp3) is 0.111. The molecule has 1 aromatic carbocycles. The second-order valence-electron chi connectivity index (χ2n) is 2.52. The Bertz CT molecular complexity index is 407. The molecule has 0 aliphatic heterocycles. The summed E-state index contributed by atoms with van der Waals surface area (Å²) >= 11 is 1.97. The Morgan fingerprint density at radius 2 is 2.23 bits per heavy atom. The predicted molar refractivity (Wildman–Crippen MR) is 55.5 cm³/mol. The van der Waals surface area contributed by atoms with Crippen LogP contribution in [0.3, 0.4) is 0 Å². The number of benzene rings is 1. The number of nitrogens with zero attached hydrogens (tertiary/aromatic N) is 1.